The Morgan fingerprint density at radius 3 is 2.76 bits per heavy atom. The number of halogens is 1. The number of benzene rings is 2. The van der Waals surface area contributed by atoms with Gasteiger partial charge in [-0.15, -0.1) is 10.2 Å². The molecule has 0 unspecified atom stereocenters. The summed E-state index contributed by atoms with van der Waals surface area (Å²) in [5.41, 5.74) is 1.34. The first-order valence-electron chi connectivity index (χ1n) is 10.7. The van der Waals surface area contributed by atoms with Crippen molar-refractivity contribution in [3.05, 3.63) is 59.4 Å². The molecule has 1 aliphatic heterocycles. The minimum Gasteiger partial charge on any atom is -0.484 e. The van der Waals surface area contributed by atoms with Crippen LogP contribution < -0.4 is 15.0 Å². The Kier molecular flexibility index (Phi) is 5.99. The first-order valence-corrected chi connectivity index (χ1v) is 11.9. The van der Waals surface area contributed by atoms with Crippen molar-refractivity contribution < 1.29 is 14.3 Å². The number of fused-ring (bicyclic) bond motifs is 1. The van der Waals surface area contributed by atoms with Crippen molar-refractivity contribution in [2.24, 2.45) is 0 Å². The number of hydrogen-bond donors (Lipinski definition) is 1. The average molecular weight is 484 g/mol. The average Bonchev–Trinajstić information content (AvgIpc) is 3.58. The summed E-state index contributed by atoms with van der Waals surface area (Å²) >= 11 is 7.54. The molecule has 0 bridgehead atoms. The van der Waals surface area contributed by atoms with E-state index < -0.39 is 5.25 Å². The molecule has 0 radical (unpaired) electrons. The maximum Gasteiger partial charge on any atom is 0.244 e. The predicted octanol–water partition coefficient (Wildman–Crippen LogP) is 4.31. The van der Waals surface area contributed by atoms with E-state index in [1.54, 1.807) is 12.1 Å². The largest absolute Gasteiger partial charge is 0.484 e. The molecule has 2 heterocycles. The Hall–Kier alpha value is -3.04. The minimum absolute atomic E-state index is 0.00696. The van der Waals surface area contributed by atoms with Crippen molar-refractivity contribution in [1.82, 2.24) is 14.8 Å². The smallest absolute Gasteiger partial charge is 0.244 e. The van der Waals surface area contributed by atoms with Crippen LogP contribution in [0.5, 0.6) is 5.75 Å². The summed E-state index contributed by atoms with van der Waals surface area (Å²) in [4.78, 5) is 27.0. The SMILES string of the molecule is C[C@@H](Sc1nnc(COc2ccccc2Cl)n1C1CC1)C(=O)N1CC(=O)Nc2ccccc21. The summed E-state index contributed by atoms with van der Waals surface area (Å²) in [5, 5.41) is 12.2. The van der Waals surface area contributed by atoms with Crippen LogP contribution in [0.15, 0.2) is 53.7 Å². The van der Waals surface area contributed by atoms with Crippen LogP contribution in [-0.2, 0) is 16.2 Å². The highest BCUT2D eigenvalue weighted by Gasteiger charge is 2.34. The molecule has 33 heavy (non-hydrogen) atoms. The number of hydrogen-bond acceptors (Lipinski definition) is 6. The molecule has 1 atom stereocenters. The van der Waals surface area contributed by atoms with Gasteiger partial charge >= 0.3 is 0 Å². The van der Waals surface area contributed by atoms with E-state index in [1.165, 1.54) is 16.7 Å². The number of aromatic nitrogens is 3. The summed E-state index contributed by atoms with van der Waals surface area (Å²) in [6, 6.07) is 14.9. The fourth-order valence-electron chi connectivity index (χ4n) is 3.75. The van der Waals surface area contributed by atoms with Crippen molar-refractivity contribution in [3.8, 4) is 5.75 Å². The van der Waals surface area contributed by atoms with Gasteiger partial charge in [0, 0.05) is 6.04 Å². The lowest BCUT2D eigenvalue weighted by Crippen LogP contribution is -2.45. The lowest BCUT2D eigenvalue weighted by atomic mass is 10.2. The van der Waals surface area contributed by atoms with E-state index in [0.29, 0.717) is 39.2 Å². The Balaban J connectivity index is 1.33. The molecule has 1 aromatic heterocycles. The predicted molar refractivity (Wildman–Crippen MR) is 127 cm³/mol. The van der Waals surface area contributed by atoms with Gasteiger partial charge in [-0.05, 0) is 44.0 Å². The third kappa shape index (κ3) is 4.56. The van der Waals surface area contributed by atoms with E-state index in [0.717, 1.165) is 12.8 Å². The first-order chi connectivity index (χ1) is 16.0. The molecule has 0 spiro atoms. The molecule has 2 amide bonds. The van der Waals surface area contributed by atoms with Gasteiger partial charge in [-0.1, -0.05) is 47.6 Å². The standard InChI is InChI=1S/C23H22ClN5O3S/c1-14(22(31)28-12-21(30)25-17-7-3-4-8-18(17)28)33-23-27-26-20(29(23)15-10-11-15)13-32-19-9-5-2-6-16(19)24/h2-9,14-15H,10-13H2,1H3,(H,25,30)/t14-/m1/s1. The zero-order chi connectivity index (χ0) is 22.9. The number of nitrogens with one attached hydrogen (secondary N) is 1. The molecular formula is C23H22ClN5O3S. The van der Waals surface area contributed by atoms with Crippen LogP contribution in [0.3, 0.4) is 0 Å². The number of rotatable bonds is 7. The fraction of sp³-hybridized carbons (Fsp3) is 0.304. The van der Waals surface area contributed by atoms with Crippen LogP contribution in [0.25, 0.3) is 0 Å². The third-order valence-electron chi connectivity index (χ3n) is 5.51. The number of carbonyl (C=O) groups is 2. The zero-order valence-electron chi connectivity index (χ0n) is 17.9. The molecule has 1 saturated carbocycles. The van der Waals surface area contributed by atoms with Crippen molar-refractivity contribution >= 4 is 46.6 Å². The highest BCUT2D eigenvalue weighted by atomic mass is 35.5. The molecule has 2 aliphatic rings. The van der Waals surface area contributed by atoms with Crippen LogP contribution in [0.2, 0.25) is 5.02 Å². The summed E-state index contributed by atoms with van der Waals surface area (Å²) in [6.45, 7) is 2.05. The summed E-state index contributed by atoms with van der Waals surface area (Å²) in [7, 11) is 0. The molecule has 1 N–H and O–H groups in total. The van der Waals surface area contributed by atoms with E-state index in [4.69, 9.17) is 16.3 Å². The van der Waals surface area contributed by atoms with Gasteiger partial charge in [0.1, 0.15) is 18.9 Å². The van der Waals surface area contributed by atoms with Crippen LogP contribution in [-0.4, -0.2) is 38.4 Å². The molecule has 5 rings (SSSR count). The summed E-state index contributed by atoms with van der Waals surface area (Å²) < 4.78 is 7.93. The minimum atomic E-state index is -0.456. The van der Waals surface area contributed by atoms with Crippen molar-refractivity contribution in [3.63, 3.8) is 0 Å². The second-order valence-electron chi connectivity index (χ2n) is 7.97. The molecule has 8 nitrogen and oxygen atoms in total. The number of amides is 2. The van der Waals surface area contributed by atoms with Gasteiger partial charge in [0.25, 0.3) is 0 Å². The van der Waals surface area contributed by atoms with Crippen molar-refractivity contribution in [2.75, 3.05) is 16.8 Å². The van der Waals surface area contributed by atoms with E-state index in [2.05, 4.69) is 20.1 Å². The molecule has 170 valence electrons. The third-order valence-corrected chi connectivity index (χ3v) is 6.86. The van der Waals surface area contributed by atoms with Gasteiger partial charge in [-0.3, -0.25) is 19.1 Å². The normalized spacial score (nSPS) is 16.2. The van der Waals surface area contributed by atoms with Crippen LogP contribution in [0, 0.1) is 0 Å². The Morgan fingerprint density at radius 1 is 1.21 bits per heavy atom. The fourth-order valence-corrected chi connectivity index (χ4v) is 4.94. The summed E-state index contributed by atoms with van der Waals surface area (Å²) in [5.74, 6) is 0.924. The first kappa shape index (κ1) is 21.8. The Labute approximate surface area is 200 Å². The number of ether oxygens (including phenoxy) is 1. The van der Waals surface area contributed by atoms with Crippen molar-refractivity contribution in [1.29, 1.82) is 0 Å². The maximum atomic E-state index is 13.3. The maximum absolute atomic E-state index is 13.3. The van der Waals surface area contributed by atoms with Crippen molar-refractivity contribution in [2.45, 2.75) is 42.8 Å². The van der Waals surface area contributed by atoms with E-state index in [1.807, 2.05) is 43.3 Å². The number of carbonyl (C=O) groups excluding carboxylic acids is 2. The lowest BCUT2D eigenvalue weighted by molar-refractivity contribution is -0.121. The molecule has 2 aromatic carbocycles. The quantitative estimate of drug-likeness (QED) is 0.504. The van der Waals surface area contributed by atoms with Gasteiger partial charge in [-0.25, -0.2) is 0 Å². The number of anilines is 2. The van der Waals surface area contributed by atoms with Crippen LogP contribution >= 0.6 is 23.4 Å². The Morgan fingerprint density at radius 2 is 1.97 bits per heavy atom. The van der Waals surface area contributed by atoms with Gasteiger partial charge in [-0.2, -0.15) is 0 Å². The topological polar surface area (TPSA) is 89.4 Å². The second-order valence-corrected chi connectivity index (χ2v) is 9.68. The number of nitrogens with zero attached hydrogens (tertiary/aromatic N) is 4. The molecule has 1 aliphatic carbocycles. The zero-order valence-corrected chi connectivity index (χ0v) is 19.5. The molecule has 10 heteroatoms. The monoisotopic (exact) mass is 483 g/mol. The van der Waals surface area contributed by atoms with Crippen LogP contribution in [0.4, 0.5) is 11.4 Å². The summed E-state index contributed by atoms with van der Waals surface area (Å²) in [6.07, 6.45) is 2.07. The molecular weight excluding hydrogens is 462 g/mol. The number of para-hydroxylation sites is 3. The molecule has 3 aromatic rings. The lowest BCUT2D eigenvalue weighted by Gasteiger charge is -2.30. The molecule has 1 fully saturated rings. The van der Waals surface area contributed by atoms with E-state index in [9.17, 15) is 9.59 Å². The molecule has 0 saturated heterocycles. The number of thioether (sulfide) groups is 1. The van der Waals surface area contributed by atoms with E-state index in [-0.39, 0.29) is 25.0 Å². The van der Waals surface area contributed by atoms with Gasteiger partial charge in [0.15, 0.2) is 11.0 Å². The van der Waals surface area contributed by atoms with E-state index >= 15 is 0 Å². The Bertz CT molecular complexity index is 1210. The highest BCUT2D eigenvalue weighted by Crippen LogP contribution is 2.40. The second kappa shape index (κ2) is 9.07. The van der Waals surface area contributed by atoms with Gasteiger partial charge < -0.3 is 10.1 Å². The highest BCUT2D eigenvalue weighted by molar-refractivity contribution is 8.00. The van der Waals surface area contributed by atoms with Gasteiger partial charge in [0.2, 0.25) is 11.8 Å². The van der Waals surface area contributed by atoms with Gasteiger partial charge in [0.05, 0.1) is 21.6 Å². The van der Waals surface area contributed by atoms with Crippen LogP contribution in [0.1, 0.15) is 31.6 Å².